The summed E-state index contributed by atoms with van der Waals surface area (Å²) in [4.78, 5) is 15.9. The van der Waals surface area contributed by atoms with Gasteiger partial charge >= 0.3 is 0 Å². The SMILES string of the molecule is CCN1CCN(Cc2ccc(NC(C)=O)cc2)CC1. The van der Waals surface area contributed by atoms with Gasteiger partial charge in [0.25, 0.3) is 0 Å². The maximum atomic E-state index is 11.0. The molecule has 2 rings (SSSR count). The molecular formula is C15H23N3O. The second-order valence-electron chi connectivity index (χ2n) is 5.09. The molecule has 0 atom stereocenters. The first-order chi connectivity index (χ1) is 9.17. The number of hydrogen-bond acceptors (Lipinski definition) is 3. The summed E-state index contributed by atoms with van der Waals surface area (Å²) < 4.78 is 0. The van der Waals surface area contributed by atoms with Gasteiger partial charge in [0.2, 0.25) is 5.91 Å². The highest BCUT2D eigenvalue weighted by Gasteiger charge is 2.15. The van der Waals surface area contributed by atoms with E-state index in [4.69, 9.17) is 0 Å². The van der Waals surface area contributed by atoms with E-state index < -0.39 is 0 Å². The first kappa shape index (κ1) is 14.0. The van der Waals surface area contributed by atoms with E-state index in [0.717, 1.165) is 31.9 Å². The fourth-order valence-corrected chi connectivity index (χ4v) is 2.42. The van der Waals surface area contributed by atoms with Crippen molar-refractivity contribution in [3.8, 4) is 0 Å². The van der Waals surface area contributed by atoms with Crippen LogP contribution in [-0.4, -0.2) is 48.4 Å². The number of hydrogen-bond donors (Lipinski definition) is 1. The van der Waals surface area contributed by atoms with Crippen LogP contribution < -0.4 is 5.32 Å². The monoisotopic (exact) mass is 261 g/mol. The van der Waals surface area contributed by atoms with Gasteiger partial charge in [-0.15, -0.1) is 0 Å². The Hall–Kier alpha value is -1.39. The number of carbonyl (C=O) groups is 1. The quantitative estimate of drug-likeness (QED) is 0.897. The van der Waals surface area contributed by atoms with Gasteiger partial charge in [-0.25, -0.2) is 0 Å². The van der Waals surface area contributed by atoms with E-state index in [0.29, 0.717) is 0 Å². The molecule has 0 spiro atoms. The Morgan fingerprint density at radius 3 is 2.21 bits per heavy atom. The number of benzene rings is 1. The third-order valence-electron chi connectivity index (χ3n) is 3.59. The van der Waals surface area contributed by atoms with Crippen molar-refractivity contribution in [1.82, 2.24) is 9.80 Å². The molecule has 0 aromatic heterocycles. The zero-order valence-corrected chi connectivity index (χ0v) is 11.9. The van der Waals surface area contributed by atoms with E-state index >= 15 is 0 Å². The maximum absolute atomic E-state index is 11.0. The molecule has 1 saturated heterocycles. The van der Waals surface area contributed by atoms with E-state index in [1.54, 1.807) is 0 Å². The molecular weight excluding hydrogens is 238 g/mol. The fraction of sp³-hybridized carbons (Fsp3) is 0.533. The zero-order valence-electron chi connectivity index (χ0n) is 11.9. The van der Waals surface area contributed by atoms with Crippen molar-refractivity contribution in [2.45, 2.75) is 20.4 Å². The van der Waals surface area contributed by atoms with Gasteiger partial charge in [0.15, 0.2) is 0 Å². The summed E-state index contributed by atoms with van der Waals surface area (Å²) in [6.07, 6.45) is 0. The molecule has 1 aliphatic heterocycles. The minimum atomic E-state index is -0.0246. The average molecular weight is 261 g/mol. The molecule has 19 heavy (non-hydrogen) atoms. The summed E-state index contributed by atoms with van der Waals surface area (Å²) in [6, 6.07) is 8.13. The molecule has 1 amide bonds. The Labute approximate surface area is 115 Å². The number of nitrogens with zero attached hydrogens (tertiary/aromatic N) is 2. The number of rotatable bonds is 4. The van der Waals surface area contributed by atoms with E-state index in [1.165, 1.54) is 25.6 Å². The number of amides is 1. The highest BCUT2D eigenvalue weighted by Crippen LogP contribution is 2.12. The largest absolute Gasteiger partial charge is 0.326 e. The minimum absolute atomic E-state index is 0.0246. The first-order valence-electron chi connectivity index (χ1n) is 6.98. The Kier molecular flexibility index (Phi) is 4.93. The highest BCUT2D eigenvalue weighted by molar-refractivity contribution is 5.88. The normalized spacial score (nSPS) is 17.4. The van der Waals surface area contributed by atoms with Crippen molar-refractivity contribution in [3.63, 3.8) is 0 Å². The van der Waals surface area contributed by atoms with E-state index in [9.17, 15) is 4.79 Å². The van der Waals surface area contributed by atoms with Crippen LogP contribution in [-0.2, 0) is 11.3 Å². The van der Waals surface area contributed by atoms with Gasteiger partial charge in [0.1, 0.15) is 0 Å². The topological polar surface area (TPSA) is 35.6 Å². The Morgan fingerprint density at radius 2 is 1.68 bits per heavy atom. The van der Waals surface area contributed by atoms with Crippen molar-refractivity contribution in [2.24, 2.45) is 0 Å². The van der Waals surface area contributed by atoms with Gasteiger partial charge in [0, 0.05) is 45.3 Å². The second kappa shape index (κ2) is 6.68. The zero-order chi connectivity index (χ0) is 13.7. The fourth-order valence-electron chi connectivity index (χ4n) is 2.42. The highest BCUT2D eigenvalue weighted by atomic mass is 16.1. The van der Waals surface area contributed by atoms with Gasteiger partial charge in [-0.1, -0.05) is 19.1 Å². The van der Waals surface area contributed by atoms with Crippen molar-refractivity contribution in [2.75, 3.05) is 38.0 Å². The van der Waals surface area contributed by atoms with Crippen molar-refractivity contribution in [3.05, 3.63) is 29.8 Å². The summed E-state index contributed by atoms with van der Waals surface area (Å²) in [5.41, 5.74) is 2.17. The maximum Gasteiger partial charge on any atom is 0.221 e. The van der Waals surface area contributed by atoms with Gasteiger partial charge < -0.3 is 10.2 Å². The molecule has 1 N–H and O–H groups in total. The molecule has 0 radical (unpaired) electrons. The van der Waals surface area contributed by atoms with Crippen LogP contribution in [0.5, 0.6) is 0 Å². The molecule has 1 aromatic rings. The lowest BCUT2D eigenvalue weighted by molar-refractivity contribution is -0.114. The van der Waals surface area contributed by atoms with Gasteiger partial charge in [-0.2, -0.15) is 0 Å². The molecule has 0 aliphatic carbocycles. The first-order valence-corrected chi connectivity index (χ1v) is 6.98. The van der Waals surface area contributed by atoms with Crippen LogP contribution in [0.1, 0.15) is 19.4 Å². The lowest BCUT2D eigenvalue weighted by Crippen LogP contribution is -2.45. The van der Waals surface area contributed by atoms with Crippen LogP contribution in [0, 0.1) is 0 Å². The predicted molar refractivity (Wildman–Crippen MR) is 78.1 cm³/mol. The summed E-state index contributed by atoms with van der Waals surface area (Å²) in [7, 11) is 0. The van der Waals surface area contributed by atoms with E-state index in [1.807, 2.05) is 12.1 Å². The minimum Gasteiger partial charge on any atom is -0.326 e. The Balaban J connectivity index is 1.84. The number of likely N-dealkylation sites (N-methyl/N-ethyl adjacent to an activating group) is 1. The van der Waals surface area contributed by atoms with Gasteiger partial charge in [-0.3, -0.25) is 9.69 Å². The molecule has 1 heterocycles. The smallest absolute Gasteiger partial charge is 0.221 e. The van der Waals surface area contributed by atoms with Crippen LogP contribution in [0.25, 0.3) is 0 Å². The average Bonchev–Trinajstić information content (AvgIpc) is 2.41. The van der Waals surface area contributed by atoms with Gasteiger partial charge in [0.05, 0.1) is 0 Å². The number of piperazine rings is 1. The van der Waals surface area contributed by atoms with Crippen molar-refractivity contribution >= 4 is 11.6 Å². The molecule has 0 bridgehead atoms. The predicted octanol–water partition coefficient (Wildman–Crippen LogP) is 1.78. The summed E-state index contributed by atoms with van der Waals surface area (Å²) >= 11 is 0. The van der Waals surface area contributed by atoms with Crippen LogP contribution >= 0.6 is 0 Å². The van der Waals surface area contributed by atoms with Crippen LogP contribution in [0.4, 0.5) is 5.69 Å². The molecule has 0 saturated carbocycles. The third kappa shape index (κ3) is 4.33. The molecule has 104 valence electrons. The number of nitrogens with one attached hydrogen (secondary N) is 1. The van der Waals surface area contributed by atoms with Crippen LogP contribution in [0.2, 0.25) is 0 Å². The van der Waals surface area contributed by atoms with Crippen molar-refractivity contribution < 1.29 is 4.79 Å². The van der Waals surface area contributed by atoms with Crippen LogP contribution in [0.15, 0.2) is 24.3 Å². The van der Waals surface area contributed by atoms with Gasteiger partial charge in [-0.05, 0) is 24.2 Å². The molecule has 0 unspecified atom stereocenters. The molecule has 1 aliphatic rings. The third-order valence-corrected chi connectivity index (χ3v) is 3.59. The number of carbonyl (C=O) groups excluding carboxylic acids is 1. The summed E-state index contributed by atoms with van der Waals surface area (Å²) in [6.45, 7) is 10.5. The molecule has 4 nitrogen and oxygen atoms in total. The van der Waals surface area contributed by atoms with E-state index in [2.05, 4.69) is 34.2 Å². The molecule has 1 fully saturated rings. The lowest BCUT2D eigenvalue weighted by atomic mass is 10.1. The Bertz CT molecular complexity index is 408. The number of anilines is 1. The second-order valence-corrected chi connectivity index (χ2v) is 5.09. The van der Waals surface area contributed by atoms with Crippen molar-refractivity contribution in [1.29, 1.82) is 0 Å². The summed E-state index contributed by atoms with van der Waals surface area (Å²) in [5.74, 6) is -0.0246. The van der Waals surface area contributed by atoms with Crippen LogP contribution in [0.3, 0.4) is 0 Å². The standard InChI is InChI=1S/C15H23N3O/c1-3-17-8-10-18(11-9-17)12-14-4-6-15(7-5-14)16-13(2)19/h4-7H,3,8-12H2,1-2H3,(H,16,19). The summed E-state index contributed by atoms with van der Waals surface area (Å²) in [5, 5.41) is 2.79. The molecule has 1 aromatic carbocycles. The lowest BCUT2D eigenvalue weighted by Gasteiger charge is -2.34. The molecule has 4 heteroatoms. The Morgan fingerprint density at radius 1 is 1.11 bits per heavy atom. The van der Waals surface area contributed by atoms with E-state index in [-0.39, 0.29) is 5.91 Å².